The average molecular weight is 387 g/mol. The number of hydrogen-bond donors (Lipinski definition) is 2. The summed E-state index contributed by atoms with van der Waals surface area (Å²) in [7, 11) is -3.20. The Morgan fingerprint density at radius 1 is 1.04 bits per heavy atom. The molecule has 1 aliphatic rings. The van der Waals surface area contributed by atoms with Crippen molar-refractivity contribution in [1.29, 1.82) is 0 Å². The van der Waals surface area contributed by atoms with Crippen LogP contribution in [0.4, 0.5) is 0 Å². The Labute approximate surface area is 161 Å². The van der Waals surface area contributed by atoms with E-state index in [1.54, 1.807) is 0 Å². The first-order valence-corrected chi connectivity index (χ1v) is 11.2. The van der Waals surface area contributed by atoms with Gasteiger partial charge < -0.3 is 5.32 Å². The predicted octanol–water partition coefficient (Wildman–Crippen LogP) is 3.19. The minimum Gasteiger partial charge on any atom is -0.352 e. The zero-order valence-electron chi connectivity index (χ0n) is 15.5. The highest BCUT2D eigenvalue weighted by Gasteiger charge is 2.24. The summed E-state index contributed by atoms with van der Waals surface area (Å²) in [4.78, 5) is 12.8. The maximum atomic E-state index is 12.8. The van der Waals surface area contributed by atoms with E-state index in [1.807, 2.05) is 54.6 Å². The zero-order chi connectivity index (χ0) is 19.3. The zero-order valence-corrected chi connectivity index (χ0v) is 16.3. The summed E-state index contributed by atoms with van der Waals surface area (Å²) in [5, 5.41) is 3.05. The maximum Gasteiger partial charge on any atom is 0.251 e. The monoisotopic (exact) mass is 386 g/mol. The van der Waals surface area contributed by atoms with Gasteiger partial charge in [-0.1, -0.05) is 55.0 Å². The van der Waals surface area contributed by atoms with Gasteiger partial charge in [0.05, 0.1) is 6.26 Å². The third-order valence-corrected chi connectivity index (χ3v) is 5.73. The van der Waals surface area contributed by atoms with E-state index in [1.165, 1.54) is 6.26 Å². The van der Waals surface area contributed by atoms with E-state index in [-0.39, 0.29) is 17.9 Å². The molecule has 0 unspecified atom stereocenters. The van der Waals surface area contributed by atoms with Gasteiger partial charge in [-0.25, -0.2) is 13.1 Å². The fraction of sp³-hybridized carbons (Fsp3) is 0.381. The Kier molecular flexibility index (Phi) is 6.29. The Balaban J connectivity index is 1.63. The number of benzene rings is 2. The first kappa shape index (κ1) is 19.6. The first-order valence-electron chi connectivity index (χ1n) is 9.32. The molecule has 1 aliphatic carbocycles. The van der Waals surface area contributed by atoms with Crippen molar-refractivity contribution in [3.8, 4) is 11.1 Å². The smallest absolute Gasteiger partial charge is 0.251 e. The fourth-order valence-corrected chi connectivity index (χ4v) is 4.59. The van der Waals surface area contributed by atoms with Crippen LogP contribution in [0.1, 0.15) is 36.0 Å². The first-order chi connectivity index (χ1) is 12.9. The average Bonchev–Trinajstić information content (AvgIpc) is 2.66. The topological polar surface area (TPSA) is 75.3 Å². The third kappa shape index (κ3) is 5.65. The molecule has 3 rings (SSSR count). The van der Waals surface area contributed by atoms with Gasteiger partial charge in [0.25, 0.3) is 5.91 Å². The van der Waals surface area contributed by atoms with E-state index < -0.39 is 10.0 Å². The van der Waals surface area contributed by atoms with Crippen LogP contribution in [0.2, 0.25) is 0 Å². The van der Waals surface area contributed by atoms with Crippen LogP contribution < -0.4 is 10.0 Å². The molecule has 5 nitrogen and oxygen atoms in total. The van der Waals surface area contributed by atoms with E-state index in [0.29, 0.717) is 12.1 Å². The summed E-state index contributed by atoms with van der Waals surface area (Å²) in [6.07, 6.45) is 4.78. The van der Waals surface area contributed by atoms with Gasteiger partial charge in [0.1, 0.15) is 0 Å². The number of amides is 1. The Bertz CT molecular complexity index is 881. The number of carbonyl (C=O) groups is 1. The van der Waals surface area contributed by atoms with E-state index in [4.69, 9.17) is 0 Å². The summed E-state index contributed by atoms with van der Waals surface area (Å²) >= 11 is 0. The molecule has 1 fully saturated rings. The van der Waals surface area contributed by atoms with Crippen LogP contribution in [0.3, 0.4) is 0 Å². The molecular formula is C21H26N2O3S. The summed E-state index contributed by atoms with van der Waals surface area (Å²) in [5.41, 5.74) is 2.58. The van der Waals surface area contributed by atoms with Gasteiger partial charge in [-0.3, -0.25) is 4.79 Å². The van der Waals surface area contributed by atoms with Crippen molar-refractivity contribution in [2.24, 2.45) is 5.92 Å². The molecule has 27 heavy (non-hydrogen) atoms. The van der Waals surface area contributed by atoms with Gasteiger partial charge in [-0.15, -0.1) is 0 Å². The lowest BCUT2D eigenvalue weighted by molar-refractivity contribution is 0.0942. The number of sulfonamides is 1. The number of nitrogens with one attached hydrogen (secondary N) is 2. The summed E-state index contributed by atoms with van der Waals surface area (Å²) in [6.45, 7) is 0.559. The summed E-state index contributed by atoms with van der Waals surface area (Å²) in [5.74, 6) is 0.193. The van der Waals surface area contributed by atoms with Gasteiger partial charge >= 0.3 is 0 Å². The van der Waals surface area contributed by atoms with Crippen molar-refractivity contribution in [3.63, 3.8) is 0 Å². The number of hydrogen-bond acceptors (Lipinski definition) is 3. The van der Waals surface area contributed by atoms with Gasteiger partial charge in [0.15, 0.2) is 0 Å². The molecule has 144 valence electrons. The van der Waals surface area contributed by atoms with E-state index in [0.717, 1.165) is 36.8 Å². The second-order valence-electron chi connectivity index (χ2n) is 7.24. The molecule has 2 aromatic rings. The lowest BCUT2D eigenvalue weighted by atomic mass is 9.86. The van der Waals surface area contributed by atoms with Gasteiger partial charge in [0, 0.05) is 18.2 Å². The van der Waals surface area contributed by atoms with E-state index >= 15 is 0 Å². The van der Waals surface area contributed by atoms with Crippen LogP contribution in [-0.2, 0) is 10.0 Å². The molecule has 0 radical (unpaired) electrons. The highest BCUT2D eigenvalue weighted by molar-refractivity contribution is 7.88. The molecule has 0 spiro atoms. The Hall–Kier alpha value is -2.18. The number of carbonyl (C=O) groups excluding carboxylic acids is 1. The number of rotatable bonds is 6. The van der Waals surface area contributed by atoms with Crippen LogP contribution in [-0.4, -0.2) is 33.2 Å². The highest BCUT2D eigenvalue weighted by atomic mass is 32.2. The molecule has 0 aromatic heterocycles. The fourth-order valence-electron chi connectivity index (χ4n) is 3.77. The molecule has 2 aromatic carbocycles. The van der Waals surface area contributed by atoms with E-state index in [9.17, 15) is 13.2 Å². The lowest BCUT2D eigenvalue weighted by Gasteiger charge is -2.29. The minimum atomic E-state index is -3.20. The summed E-state index contributed by atoms with van der Waals surface area (Å²) in [6, 6.07) is 17.4. The normalized spacial score (nSPS) is 20.2. The predicted molar refractivity (Wildman–Crippen MR) is 108 cm³/mol. The second kappa shape index (κ2) is 8.67. The van der Waals surface area contributed by atoms with Gasteiger partial charge in [-0.2, -0.15) is 0 Å². The van der Waals surface area contributed by atoms with Crippen LogP contribution >= 0.6 is 0 Å². The molecule has 2 N–H and O–H groups in total. The second-order valence-corrected chi connectivity index (χ2v) is 9.02. The van der Waals surface area contributed by atoms with Crippen LogP contribution in [0, 0.1) is 5.92 Å². The molecule has 0 aliphatic heterocycles. The quantitative estimate of drug-likeness (QED) is 0.801. The molecule has 0 bridgehead atoms. The standard InChI is InChI=1S/C21H26N2O3S/c1-27(25,26)23-18-11-7-8-16(14-18)15-22-21(24)20-13-6-5-12-19(20)17-9-3-2-4-10-17/h2-6,9-10,12-13,16,18,23H,7-8,11,14-15H2,1H3,(H,22,24)/t16-,18+/m1/s1. The molecule has 6 heteroatoms. The van der Waals surface area contributed by atoms with Gasteiger partial charge in [-0.05, 0) is 42.4 Å². The van der Waals surface area contributed by atoms with Crippen molar-refractivity contribution in [2.45, 2.75) is 31.7 Å². The van der Waals surface area contributed by atoms with Gasteiger partial charge in [0.2, 0.25) is 10.0 Å². The molecule has 0 saturated heterocycles. The Morgan fingerprint density at radius 3 is 2.48 bits per heavy atom. The SMILES string of the molecule is CS(=O)(=O)N[C@H]1CCC[C@@H](CNC(=O)c2ccccc2-c2ccccc2)C1. The molecule has 1 saturated carbocycles. The van der Waals surface area contributed by atoms with Crippen LogP contribution in [0.5, 0.6) is 0 Å². The highest BCUT2D eigenvalue weighted by Crippen LogP contribution is 2.26. The van der Waals surface area contributed by atoms with Crippen molar-refractivity contribution < 1.29 is 13.2 Å². The molecule has 0 heterocycles. The van der Waals surface area contributed by atoms with E-state index in [2.05, 4.69) is 10.0 Å². The van der Waals surface area contributed by atoms with Crippen molar-refractivity contribution in [1.82, 2.24) is 10.0 Å². The van der Waals surface area contributed by atoms with Crippen LogP contribution in [0.15, 0.2) is 54.6 Å². The summed E-state index contributed by atoms with van der Waals surface area (Å²) < 4.78 is 25.6. The molecule has 1 amide bonds. The maximum absolute atomic E-state index is 12.8. The Morgan fingerprint density at radius 2 is 1.74 bits per heavy atom. The lowest BCUT2D eigenvalue weighted by Crippen LogP contribution is -2.40. The van der Waals surface area contributed by atoms with Crippen molar-refractivity contribution in [3.05, 3.63) is 60.2 Å². The molecule has 2 atom stereocenters. The minimum absolute atomic E-state index is 0.0349. The van der Waals surface area contributed by atoms with Crippen LogP contribution in [0.25, 0.3) is 11.1 Å². The van der Waals surface area contributed by atoms with Crippen molar-refractivity contribution in [2.75, 3.05) is 12.8 Å². The largest absolute Gasteiger partial charge is 0.352 e. The third-order valence-electron chi connectivity index (χ3n) is 4.97. The van der Waals surface area contributed by atoms with Crippen molar-refractivity contribution >= 4 is 15.9 Å². The molecular weight excluding hydrogens is 360 g/mol.